The SMILES string of the molecule is Cc1cc(NCC(c2c(F)cccc2F)N(C)C)ncc1[N+](=O)[O-]. The monoisotopic (exact) mass is 336 g/mol. The molecule has 1 aromatic heterocycles. The van der Waals surface area contributed by atoms with E-state index in [1.165, 1.54) is 24.3 Å². The van der Waals surface area contributed by atoms with Gasteiger partial charge in [-0.1, -0.05) is 6.07 Å². The molecule has 2 aromatic rings. The lowest BCUT2D eigenvalue weighted by Crippen LogP contribution is -2.28. The summed E-state index contributed by atoms with van der Waals surface area (Å²) in [5.74, 6) is -0.839. The summed E-state index contributed by atoms with van der Waals surface area (Å²) in [6.07, 6.45) is 1.16. The summed E-state index contributed by atoms with van der Waals surface area (Å²) in [6.45, 7) is 1.79. The Labute approximate surface area is 138 Å². The van der Waals surface area contributed by atoms with E-state index in [-0.39, 0.29) is 17.8 Å². The predicted molar refractivity (Wildman–Crippen MR) is 86.9 cm³/mol. The lowest BCUT2D eigenvalue weighted by molar-refractivity contribution is -0.385. The number of rotatable bonds is 6. The second kappa shape index (κ2) is 7.31. The Bertz CT molecular complexity index is 733. The molecule has 1 unspecified atom stereocenters. The molecule has 6 nitrogen and oxygen atoms in total. The Morgan fingerprint density at radius 3 is 2.46 bits per heavy atom. The number of hydrogen-bond acceptors (Lipinski definition) is 5. The fourth-order valence-electron chi connectivity index (χ4n) is 2.41. The lowest BCUT2D eigenvalue weighted by Gasteiger charge is -2.26. The van der Waals surface area contributed by atoms with Crippen LogP contribution >= 0.6 is 0 Å². The van der Waals surface area contributed by atoms with Gasteiger partial charge in [0.05, 0.1) is 11.0 Å². The van der Waals surface area contributed by atoms with Crippen LogP contribution in [0.4, 0.5) is 20.3 Å². The van der Waals surface area contributed by atoms with Crippen molar-refractivity contribution in [3.8, 4) is 0 Å². The van der Waals surface area contributed by atoms with Gasteiger partial charge in [-0.2, -0.15) is 0 Å². The maximum atomic E-state index is 14.0. The van der Waals surface area contributed by atoms with Crippen LogP contribution in [0.3, 0.4) is 0 Å². The van der Waals surface area contributed by atoms with Gasteiger partial charge < -0.3 is 10.2 Å². The molecule has 2 rings (SSSR count). The average molecular weight is 336 g/mol. The first-order valence-electron chi connectivity index (χ1n) is 7.26. The van der Waals surface area contributed by atoms with Gasteiger partial charge in [0.15, 0.2) is 0 Å². The largest absolute Gasteiger partial charge is 0.368 e. The molecule has 8 heteroatoms. The summed E-state index contributed by atoms with van der Waals surface area (Å²) < 4.78 is 28.0. The van der Waals surface area contributed by atoms with Gasteiger partial charge >= 0.3 is 0 Å². The zero-order valence-corrected chi connectivity index (χ0v) is 13.6. The van der Waals surface area contributed by atoms with Crippen molar-refractivity contribution in [3.05, 3.63) is 63.3 Å². The Kier molecular flexibility index (Phi) is 5.40. The van der Waals surface area contributed by atoms with Crippen LogP contribution in [-0.2, 0) is 0 Å². The van der Waals surface area contributed by atoms with Crippen LogP contribution in [0.15, 0.2) is 30.5 Å². The van der Waals surface area contributed by atoms with Crippen LogP contribution in [0.5, 0.6) is 0 Å². The van der Waals surface area contributed by atoms with E-state index in [1.54, 1.807) is 25.9 Å². The molecule has 0 amide bonds. The van der Waals surface area contributed by atoms with Crippen LogP contribution in [-0.4, -0.2) is 35.4 Å². The van der Waals surface area contributed by atoms with Gasteiger partial charge in [-0.15, -0.1) is 0 Å². The van der Waals surface area contributed by atoms with Crippen molar-refractivity contribution < 1.29 is 13.7 Å². The van der Waals surface area contributed by atoms with Crippen molar-refractivity contribution >= 4 is 11.5 Å². The molecule has 0 radical (unpaired) electrons. The number of benzene rings is 1. The number of likely N-dealkylation sites (N-methyl/N-ethyl adjacent to an activating group) is 1. The third-order valence-corrected chi connectivity index (χ3v) is 3.71. The summed E-state index contributed by atoms with van der Waals surface area (Å²) in [5, 5.41) is 13.8. The van der Waals surface area contributed by atoms with Crippen molar-refractivity contribution in [1.29, 1.82) is 0 Å². The molecule has 1 heterocycles. The third kappa shape index (κ3) is 3.83. The standard InChI is InChI=1S/C16H18F2N4O2/c1-10-7-15(19-8-13(10)22(23)24)20-9-14(21(2)3)16-11(17)5-4-6-12(16)18/h4-8,14H,9H2,1-3H3,(H,19,20). The molecule has 1 atom stereocenters. The number of nitro groups is 1. The van der Waals surface area contributed by atoms with Crippen LogP contribution in [0.2, 0.25) is 0 Å². The molecule has 24 heavy (non-hydrogen) atoms. The van der Waals surface area contributed by atoms with E-state index in [0.29, 0.717) is 11.4 Å². The van der Waals surface area contributed by atoms with Gasteiger partial charge in [0.1, 0.15) is 23.6 Å². The maximum absolute atomic E-state index is 14.0. The van der Waals surface area contributed by atoms with E-state index in [9.17, 15) is 18.9 Å². The van der Waals surface area contributed by atoms with Crippen molar-refractivity contribution in [2.45, 2.75) is 13.0 Å². The van der Waals surface area contributed by atoms with Crippen molar-refractivity contribution in [1.82, 2.24) is 9.88 Å². The minimum absolute atomic E-state index is 0.0337. The summed E-state index contributed by atoms with van der Waals surface area (Å²) in [5.41, 5.74) is 0.342. The molecule has 0 fully saturated rings. The molecule has 128 valence electrons. The number of anilines is 1. The number of aryl methyl sites for hydroxylation is 1. The molecule has 0 aliphatic carbocycles. The molecule has 0 spiro atoms. The summed E-state index contributed by atoms with van der Waals surface area (Å²) in [7, 11) is 3.43. The molecule has 0 saturated carbocycles. The highest BCUT2D eigenvalue weighted by Crippen LogP contribution is 2.25. The minimum Gasteiger partial charge on any atom is -0.368 e. The van der Waals surface area contributed by atoms with E-state index in [4.69, 9.17) is 0 Å². The van der Waals surface area contributed by atoms with Crippen LogP contribution in [0.1, 0.15) is 17.2 Å². The summed E-state index contributed by atoms with van der Waals surface area (Å²) in [4.78, 5) is 16.0. The summed E-state index contributed by atoms with van der Waals surface area (Å²) in [6, 6.07) is 4.70. The molecular weight excluding hydrogens is 318 g/mol. The van der Waals surface area contributed by atoms with Gasteiger partial charge in [-0.25, -0.2) is 13.8 Å². The average Bonchev–Trinajstić information content (AvgIpc) is 2.49. The first-order chi connectivity index (χ1) is 11.3. The minimum atomic E-state index is -0.622. The zero-order valence-electron chi connectivity index (χ0n) is 13.6. The second-order valence-electron chi connectivity index (χ2n) is 5.61. The highest BCUT2D eigenvalue weighted by atomic mass is 19.1. The van der Waals surface area contributed by atoms with Gasteiger partial charge in [0.25, 0.3) is 5.69 Å². The quantitative estimate of drug-likeness (QED) is 0.647. The van der Waals surface area contributed by atoms with E-state index < -0.39 is 22.6 Å². The molecule has 1 N–H and O–H groups in total. The Hall–Kier alpha value is -2.61. The van der Waals surface area contributed by atoms with E-state index >= 15 is 0 Å². The van der Waals surface area contributed by atoms with E-state index in [0.717, 1.165) is 6.20 Å². The second-order valence-corrected chi connectivity index (χ2v) is 5.61. The van der Waals surface area contributed by atoms with Crippen LogP contribution < -0.4 is 5.32 Å². The fourth-order valence-corrected chi connectivity index (χ4v) is 2.41. The van der Waals surface area contributed by atoms with Crippen LogP contribution in [0, 0.1) is 28.7 Å². The lowest BCUT2D eigenvalue weighted by atomic mass is 10.0. The first kappa shape index (κ1) is 17.7. The van der Waals surface area contributed by atoms with E-state index in [1.807, 2.05) is 0 Å². The number of hydrogen-bond donors (Lipinski definition) is 1. The normalized spacial score (nSPS) is 12.2. The number of halogens is 2. The zero-order chi connectivity index (χ0) is 17.9. The predicted octanol–water partition coefficient (Wildman–Crippen LogP) is 3.29. The van der Waals surface area contributed by atoms with Gasteiger partial charge in [0.2, 0.25) is 0 Å². The molecule has 0 aliphatic rings. The molecule has 0 saturated heterocycles. The molecule has 1 aromatic carbocycles. The van der Waals surface area contributed by atoms with E-state index in [2.05, 4.69) is 10.3 Å². The van der Waals surface area contributed by atoms with Crippen molar-refractivity contribution in [2.75, 3.05) is 26.0 Å². The number of aromatic nitrogens is 1. The van der Waals surface area contributed by atoms with Crippen LogP contribution in [0.25, 0.3) is 0 Å². The topological polar surface area (TPSA) is 71.3 Å². The third-order valence-electron chi connectivity index (χ3n) is 3.71. The smallest absolute Gasteiger partial charge is 0.290 e. The Balaban J connectivity index is 2.21. The molecule has 0 bridgehead atoms. The number of nitrogens with zero attached hydrogens (tertiary/aromatic N) is 3. The highest BCUT2D eigenvalue weighted by Gasteiger charge is 2.22. The Morgan fingerprint density at radius 2 is 1.96 bits per heavy atom. The molecular formula is C16H18F2N4O2. The highest BCUT2D eigenvalue weighted by molar-refractivity contribution is 5.47. The van der Waals surface area contributed by atoms with Gasteiger partial charge in [-0.05, 0) is 39.2 Å². The van der Waals surface area contributed by atoms with Crippen molar-refractivity contribution in [3.63, 3.8) is 0 Å². The number of pyridine rings is 1. The first-order valence-corrected chi connectivity index (χ1v) is 7.26. The summed E-state index contributed by atoms with van der Waals surface area (Å²) >= 11 is 0. The van der Waals surface area contributed by atoms with Crippen molar-refractivity contribution in [2.24, 2.45) is 0 Å². The maximum Gasteiger partial charge on any atom is 0.290 e. The fraction of sp³-hybridized carbons (Fsp3) is 0.312. The number of nitrogens with one attached hydrogen (secondary N) is 1. The molecule has 0 aliphatic heterocycles. The van der Waals surface area contributed by atoms with Gasteiger partial charge in [-0.3, -0.25) is 10.1 Å². The Morgan fingerprint density at radius 1 is 1.33 bits per heavy atom. The van der Waals surface area contributed by atoms with Gasteiger partial charge in [0, 0.05) is 17.7 Å².